The fourth-order valence-electron chi connectivity index (χ4n) is 2.56. The van der Waals surface area contributed by atoms with Crippen molar-refractivity contribution in [2.75, 3.05) is 32.8 Å². The van der Waals surface area contributed by atoms with Crippen molar-refractivity contribution < 1.29 is 4.74 Å². The molecule has 1 heterocycles. The summed E-state index contributed by atoms with van der Waals surface area (Å²) in [6.45, 7) is 12.8. The van der Waals surface area contributed by atoms with E-state index < -0.39 is 0 Å². The Morgan fingerprint density at radius 3 is 2.63 bits per heavy atom. The topological polar surface area (TPSA) is 24.5 Å². The Morgan fingerprint density at radius 2 is 2.00 bits per heavy atom. The molecule has 1 aromatic rings. The Morgan fingerprint density at radius 1 is 1.26 bits per heavy atom. The number of rotatable bonds is 5. The van der Waals surface area contributed by atoms with E-state index in [1.807, 2.05) is 6.92 Å². The van der Waals surface area contributed by atoms with Crippen LogP contribution in [-0.2, 0) is 6.54 Å². The van der Waals surface area contributed by atoms with Crippen molar-refractivity contribution in [1.82, 2.24) is 10.2 Å². The third kappa shape index (κ3) is 3.95. The number of ether oxygens (including phenoxy) is 1. The molecule has 3 heteroatoms. The van der Waals surface area contributed by atoms with Gasteiger partial charge in [0.15, 0.2) is 0 Å². The highest BCUT2D eigenvalue weighted by Gasteiger charge is 2.13. The third-order valence-electron chi connectivity index (χ3n) is 3.61. The summed E-state index contributed by atoms with van der Waals surface area (Å²) in [5, 5.41) is 3.39. The monoisotopic (exact) mass is 262 g/mol. The highest BCUT2D eigenvalue weighted by atomic mass is 16.5. The second-order valence-electron chi connectivity index (χ2n) is 5.49. The van der Waals surface area contributed by atoms with Gasteiger partial charge < -0.3 is 10.1 Å². The molecule has 0 bridgehead atoms. The van der Waals surface area contributed by atoms with Crippen molar-refractivity contribution in [1.29, 1.82) is 0 Å². The molecule has 0 unspecified atom stereocenters. The largest absolute Gasteiger partial charge is 0.494 e. The molecule has 0 spiro atoms. The number of hydrogen-bond donors (Lipinski definition) is 1. The zero-order valence-corrected chi connectivity index (χ0v) is 12.4. The molecule has 1 fully saturated rings. The first-order valence-corrected chi connectivity index (χ1v) is 7.39. The van der Waals surface area contributed by atoms with Gasteiger partial charge >= 0.3 is 0 Å². The van der Waals surface area contributed by atoms with Crippen molar-refractivity contribution >= 4 is 0 Å². The Balaban J connectivity index is 2.10. The smallest absolute Gasteiger partial charge is 0.122 e. The Bertz CT molecular complexity index is 398. The molecule has 0 aliphatic carbocycles. The maximum atomic E-state index is 5.72. The van der Waals surface area contributed by atoms with E-state index in [9.17, 15) is 0 Å². The zero-order valence-electron chi connectivity index (χ0n) is 12.4. The van der Waals surface area contributed by atoms with E-state index >= 15 is 0 Å². The van der Waals surface area contributed by atoms with Gasteiger partial charge in [0.2, 0.25) is 0 Å². The predicted octanol–water partition coefficient (Wildman–Crippen LogP) is 2.61. The molecule has 2 rings (SSSR count). The van der Waals surface area contributed by atoms with Crippen LogP contribution >= 0.6 is 0 Å². The van der Waals surface area contributed by atoms with E-state index in [0.717, 1.165) is 45.1 Å². The summed E-state index contributed by atoms with van der Waals surface area (Å²) in [5.41, 5.74) is 2.73. The molecule has 1 saturated heterocycles. The fraction of sp³-hybridized carbons (Fsp3) is 0.625. The summed E-state index contributed by atoms with van der Waals surface area (Å²) in [6.07, 6.45) is 0. The van der Waals surface area contributed by atoms with E-state index in [0.29, 0.717) is 5.92 Å². The summed E-state index contributed by atoms with van der Waals surface area (Å²) in [7, 11) is 0. The third-order valence-corrected chi connectivity index (χ3v) is 3.61. The second kappa shape index (κ2) is 6.92. The molecule has 0 saturated carbocycles. The van der Waals surface area contributed by atoms with Gasteiger partial charge in [0.05, 0.1) is 6.61 Å². The van der Waals surface area contributed by atoms with Crippen molar-refractivity contribution in [2.24, 2.45) is 0 Å². The van der Waals surface area contributed by atoms with Gasteiger partial charge in [0.1, 0.15) is 5.75 Å². The summed E-state index contributed by atoms with van der Waals surface area (Å²) in [5.74, 6) is 1.55. The molecule has 1 aliphatic rings. The van der Waals surface area contributed by atoms with Crippen LogP contribution in [0.2, 0.25) is 0 Å². The molecule has 19 heavy (non-hydrogen) atoms. The van der Waals surface area contributed by atoms with Gasteiger partial charge in [-0.1, -0.05) is 26.0 Å². The molecule has 1 N–H and O–H groups in total. The minimum absolute atomic E-state index is 0.504. The van der Waals surface area contributed by atoms with E-state index in [-0.39, 0.29) is 0 Å². The van der Waals surface area contributed by atoms with Crippen LogP contribution in [-0.4, -0.2) is 37.7 Å². The summed E-state index contributed by atoms with van der Waals surface area (Å²) < 4.78 is 5.72. The number of nitrogens with zero attached hydrogens (tertiary/aromatic N) is 1. The lowest BCUT2D eigenvalue weighted by molar-refractivity contribution is 0.233. The lowest BCUT2D eigenvalue weighted by atomic mass is 9.99. The molecule has 0 atom stereocenters. The first-order valence-electron chi connectivity index (χ1n) is 7.39. The van der Waals surface area contributed by atoms with E-state index in [1.54, 1.807) is 0 Å². The van der Waals surface area contributed by atoms with Gasteiger partial charge in [-0.2, -0.15) is 0 Å². The standard InChI is InChI=1S/C16H26N2O/c1-4-19-16-6-5-14(11-15(16)13(2)3)12-18-9-7-17-8-10-18/h5-6,11,13,17H,4,7-10,12H2,1-3H3. The molecule has 0 radical (unpaired) electrons. The van der Waals surface area contributed by atoms with Gasteiger partial charge in [0.25, 0.3) is 0 Å². The van der Waals surface area contributed by atoms with Crippen LogP contribution in [0.3, 0.4) is 0 Å². The van der Waals surface area contributed by atoms with Gasteiger partial charge in [-0.25, -0.2) is 0 Å². The minimum atomic E-state index is 0.504. The molecular weight excluding hydrogens is 236 g/mol. The maximum Gasteiger partial charge on any atom is 0.122 e. The highest BCUT2D eigenvalue weighted by molar-refractivity contribution is 5.39. The molecule has 106 valence electrons. The van der Waals surface area contributed by atoms with E-state index in [1.165, 1.54) is 11.1 Å². The Kier molecular flexibility index (Phi) is 5.23. The van der Waals surface area contributed by atoms with Crippen molar-refractivity contribution in [3.8, 4) is 5.75 Å². The average molecular weight is 262 g/mol. The molecular formula is C16H26N2O. The number of nitrogens with one attached hydrogen (secondary N) is 1. The number of hydrogen-bond acceptors (Lipinski definition) is 3. The normalized spacial score (nSPS) is 16.8. The summed E-state index contributed by atoms with van der Waals surface area (Å²) >= 11 is 0. The Hall–Kier alpha value is -1.06. The molecule has 3 nitrogen and oxygen atoms in total. The number of piperazine rings is 1. The van der Waals surface area contributed by atoms with Crippen LogP contribution < -0.4 is 10.1 Å². The average Bonchev–Trinajstić information content (AvgIpc) is 2.42. The van der Waals surface area contributed by atoms with Gasteiger partial charge in [0, 0.05) is 32.7 Å². The van der Waals surface area contributed by atoms with Crippen molar-refractivity contribution in [3.05, 3.63) is 29.3 Å². The van der Waals surface area contributed by atoms with Crippen molar-refractivity contribution in [3.63, 3.8) is 0 Å². The van der Waals surface area contributed by atoms with E-state index in [2.05, 4.69) is 42.3 Å². The second-order valence-corrected chi connectivity index (χ2v) is 5.49. The first kappa shape index (κ1) is 14.4. The van der Waals surface area contributed by atoms with E-state index in [4.69, 9.17) is 4.74 Å². The van der Waals surface area contributed by atoms with Crippen LogP contribution in [0.25, 0.3) is 0 Å². The Labute approximate surface area is 116 Å². The van der Waals surface area contributed by atoms with Gasteiger partial charge in [-0.05, 0) is 30.0 Å². The summed E-state index contributed by atoms with van der Waals surface area (Å²) in [4.78, 5) is 2.51. The van der Waals surface area contributed by atoms with Crippen LogP contribution in [0, 0.1) is 0 Å². The van der Waals surface area contributed by atoms with Gasteiger partial charge in [-0.3, -0.25) is 4.90 Å². The number of benzene rings is 1. The molecule has 0 amide bonds. The highest BCUT2D eigenvalue weighted by Crippen LogP contribution is 2.28. The summed E-state index contributed by atoms with van der Waals surface area (Å²) in [6, 6.07) is 6.66. The lowest BCUT2D eigenvalue weighted by Gasteiger charge is -2.27. The van der Waals surface area contributed by atoms with Crippen LogP contribution in [0.1, 0.15) is 37.8 Å². The maximum absolute atomic E-state index is 5.72. The van der Waals surface area contributed by atoms with Crippen LogP contribution in [0.15, 0.2) is 18.2 Å². The van der Waals surface area contributed by atoms with Crippen LogP contribution in [0.4, 0.5) is 0 Å². The van der Waals surface area contributed by atoms with Crippen molar-refractivity contribution in [2.45, 2.75) is 33.2 Å². The zero-order chi connectivity index (χ0) is 13.7. The SMILES string of the molecule is CCOc1ccc(CN2CCNCC2)cc1C(C)C. The fourth-order valence-corrected chi connectivity index (χ4v) is 2.56. The van der Waals surface area contributed by atoms with Crippen LogP contribution in [0.5, 0.6) is 5.75 Å². The minimum Gasteiger partial charge on any atom is -0.494 e. The first-order chi connectivity index (χ1) is 9.20. The molecule has 0 aromatic heterocycles. The molecule has 1 aromatic carbocycles. The van der Waals surface area contributed by atoms with Gasteiger partial charge in [-0.15, -0.1) is 0 Å². The quantitative estimate of drug-likeness (QED) is 0.883. The predicted molar refractivity (Wildman–Crippen MR) is 79.8 cm³/mol. The molecule has 1 aliphatic heterocycles. The lowest BCUT2D eigenvalue weighted by Crippen LogP contribution is -2.42.